The Morgan fingerprint density at radius 2 is 2.15 bits per heavy atom. The van der Waals surface area contributed by atoms with E-state index < -0.39 is 0 Å². The van der Waals surface area contributed by atoms with E-state index in [1.54, 1.807) is 7.11 Å². The van der Waals surface area contributed by atoms with E-state index in [1.165, 1.54) is 0 Å². The molecule has 3 N–H and O–H groups in total. The molecule has 1 aromatic carbocycles. The molecular weight excluding hydrogens is 254 g/mol. The van der Waals surface area contributed by atoms with Crippen LogP contribution in [-0.4, -0.2) is 32.2 Å². The van der Waals surface area contributed by atoms with Crippen LogP contribution < -0.4 is 16.0 Å². The Labute approximate surface area is 120 Å². The number of hydrogen-bond acceptors (Lipinski definition) is 4. The first-order chi connectivity index (χ1) is 9.52. The van der Waals surface area contributed by atoms with Gasteiger partial charge >= 0.3 is 0 Å². The van der Waals surface area contributed by atoms with Crippen molar-refractivity contribution in [2.75, 3.05) is 36.2 Å². The summed E-state index contributed by atoms with van der Waals surface area (Å²) in [7, 11) is 1.70. The van der Waals surface area contributed by atoms with Crippen LogP contribution in [0.15, 0.2) is 12.1 Å². The first kappa shape index (κ1) is 14.7. The third-order valence-electron chi connectivity index (χ3n) is 3.62. The van der Waals surface area contributed by atoms with Crippen molar-refractivity contribution >= 4 is 23.0 Å². The second kappa shape index (κ2) is 6.13. The summed E-state index contributed by atoms with van der Waals surface area (Å²) in [5.41, 5.74) is 9.87. The van der Waals surface area contributed by atoms with Gasteiger partial charge in [-0.3, -0.25) is 4.79 Å². The van der Waals surface area contributed by atoms with Crippen LogP contribution in [-0.2, 0) is 16.0 Å². The molecular formula is C15H23N3O2. The fraction of sp³-hybridized carbons (Fsp3) is 0.533. The molecule has 0 fully saturated rings. The molecule has 0 bridgehead atoms. The van der Waals surface area contributed by atoms with Crippen LogP contribution in [0.25, 0.3) is 0 Å². The van der Waals surface area contributed by atoms with E-state index in [1.807, 2.05) is 6.07 Å². The number of benzene rings is 1. The maximum absolute atomic E-state index is 11.4. The van der Waals surface area contributed by atoms with Crippen molar-refractivity contribution in [3.63, 3.8) is 0 Å². The lowest BCUT2D eigenvalue weighted by Gasteiger charge is -2.31. The van der Waals surface area contributed by atoms with Crippen molar-refractivity contribution < 1.29 is 9.53 Å². The molecule has 1 aromatic rings. The summed E-state index contributed by atoms with van der Waals surface area (Å²) in [5.74, 6) is 0.0600. The van der Waals surface area contributed by atoms with E-state index in [0.29, 0.717) is 24.8 Å². The monoisotopic (exact) mass is 277 g/mol. The standard InChI is InChI=1S/C15H23N3O2/c1-10(2)18(6-7-20-3)14-8-11-4-5-15(19)17-13(11)9-12(14)16/h8-10H,4-7,16H2,1-3H3,(H,17,19). The second-order valence-electron chi connectivity index (χ2n) is 5.40. The second-order valence-corrected chi connectivity index (χ2v) is 5.40. The Hall–Kier alpha value is -1.75. The lowest BCUT2D eigenvalue weighted by atomic mass is 10.0. The molecule has 0 spiro atoms. The maximum Gasteiger partial charge on any atom is 0.224 e. The number of nitrogens with zero attached hydrogens (tertiary/aromatic N) is 1. The zero-order chi connectivity index (χ0) is 14.7. The van der Waals surface area contributed by atoms with Crippen molar-refractivity contribution in [1.29, 1.82) is 0 Å². The number of methoxy groups -OCH3 is 1. The minimum absolute atomic E-state index is 0.0600. The third kappa shape index (κ3) is 3.04. The molecule has 0 aromatic heterocycles. The number of nitrogens with two attached hydrogens (primary N) is 1. The molecule has 1 heterocycles. The van der Waals surface area contributed by atoms with Crippen LogP contribution in [0.3, 0.4) is 0 Å². The summed E-state index contributed by atoms with van der Waals surface area (Å²) in [6.45, 7) is 5.72. The number of ether oxygens (including phenoxy) is 1. The van der Waals surface area contributed by atoms with E-state index in [0.717, 1.165) is 29.9 Å². The Morgan fingerprint density at radius 3 is 2.80 bits per heavy atom. The normalized spacial score (nSPS) is 14.1. The van der Waals surface area contributed by atoms with Crippen LogP contribution in [0.1, 0.15) is 25.8 Å². The zero-order valence-electron chi connectivity index (χ0n) is 12.4. The first-order valence-electron chi connectivity index (χ1n) is 7.00. The Balaban J connectivity index is 2.33. The SMILES string of the molecule is COCCN(c1cc2c(cc1N)NC(=O)CC2)C(C)C. The highest BCUT2D eigenvalue weighted by Crippen LogP contribution is 2.33. The highest BCUT2D eigenvalue weighted by Gasteiger charge is 2.20. The highest BCUT2D eigenvalue weighted by molar-refractivity contribution is 5.95. The van der Waals surface area contributed by atoms with Gasteiger partial charge in [0.25, 0.3) is 0 Å². The molecule has 0 saturated heterocycles. The van der Waals surface area contributed by atoms with Gasteiger partial charge in [-0.1, -0.05) is 0 Å². The molecule has 5 nitrogen and oxygen atoms in total. The fourth-order valence-electron chi connectivity index (χ4n) is 2.53. The van der Waals surface area contributed by atoms with Crippen molar-refractivity contribution in [1.82, 2.24) is 0 Å². The van der Waals surface area contributed by atoms with E-state index >= 15 is 0 Å². The minimum atomic E-state index is 0.0600. The van der Waals surface area contributed by atoms with Gasteiger partial charge in [0.2, 0.25) is 5.91 Å². The molecule has 0 saturated carbocycles. The van der Waals surface area contributed by atoms with Crippen molar-refractivity contribution in [3.05, 3.63) is 17.7 Å². The van der Waals surface area contributed by atoms with Gasteiger partial charge in [0.05, 0.1) is 18.0 Å². The number of anilines is 3. The van der Waals surface area contributed by atoms with Gasteiger partial charge < -0.3 is 20.7 Å². The number of carbonyl (C=O) groups is 1. The van der Waals surface area contributed by atoms with Crippen LogP contribution in [0.2, 0.25) is 0 Å². The number of rotatable bonds is 5. The Bertz CT molecular complexity index is 500. The summed E-state index contributed by atoms with van der Waals surface area (Å²) in [5, 5.41) is 2.88. The lowest BCUT2D eigenvalue weighted by Crippen LogP contribution is -2.34. The van der Waals surface area contributed by atoms with Crippen molar-refractivity contribution in [2.45, 2.75) is 32.7 Å². The number of hydrogen-bond donors (Lipinski definition) is 2. The summed E-state index contributed by atoms with van der Waals surface area (Å²) in [6.07, 6.45) is 1.31. The van der Waals surface area contributed by atoms with Crippen molar-refractivity contribution in [3.8, 4) is 0 Å². The molecule has 1 amide bonds. The van der Waals surface area contributed by atoms with Gasteiger partial charge in [-0.25, -0.2) is 0 Å². The van der Waals surface area contributed by atoms with Gasteiger partial charge in [-0.15, -0.1) is 0 Å². The maximum atomic E-state index is 11.4. The molecule has 0 unspecified atom stereocenters. The van der Waals surface area contributed by atoms with Gasteiger partial charge in [-0.05, 0) is 38.0 Å². The van der Waals surface area contributed by atoms with Crippen LogP contribution in [0.5, 0.6) is 0 Å². The quantitative estimate of drug-likeness (QED) is 0.808. The molecule has 0 aliphatic carbocycles. The number of nitrogen functional groups attached to an aromatic ring is 1. The predicted molar refractivity (Wildman–Crippen MR) is 82.2 cm³/mol. The number of fused-ring (bicyclic) bond motifs is 1. The summed E-state index contributed by atoms with van der Waals surface area (Å²) in [4.78, 5) is 13.7. The highest BCUT2D eigenvalue weighted by atomic mass is 16.5. The van der Waals surface area contributed by atoms with E-state index in [2.05, 4.69) is 30.1 Å². The molecule has 1 aliphatic rings. The zero-order valence-corrected chi connectivity index (χ0v) is 12.4. The van der Waals surface area contributed by atoms with Gasteiger partial charge in [-0.2, -0.15) is 0 Å². The molecule has 2 rings (SSSR count). The summed E-state index contributed by atoms with van der Waals surface area (Å²) >= 11 is 0. The summed E-state index contributed by atoms with van der Waals surface area (Å²) in [6, 6.07) is 4.30. The predicted octanol–water partition coefficient (Wildman–Crippen LogP) is 2.01. The van der Waals surface area contributed by atoms with Crippen LogP contribution in [0.4, 0.5) is 17.1 Å². The number of amides is 1. The molecule has 5 heteroatoms. The molecule has 20 heavy (non-hydrogen) atoms. The Kier molecular flexibility index (Phi) is 4.49. The third-order valence-corrected chi connectivity index (χ3v) is 3.62. The Morgan fingerprint density at radius 1 is 1.40 bits per heavy atom. The van der Waals surface area contributed by atoms with Crippen LogP contribution in [0, 0.1) is 0 Å². The number of aryl methyl sites for hydroxylation is 1. The first-order valence-corrected chi connectivity index (χ1v) is 7.00. The van der Waals surface area contributed by atoms with Crippen LogP contribution >= 0.6 is 0 Å². The minimum Gasteiger partial charge on any atom is -0.397 e. The fourth-order valence-corrected chi connectivity index (χ4v) is 2.53. The van der Waals surface area contributed by atoms with E-state index in [-0.39, 0.29) is 5.91 Å². The van der Waals surface area contributed by atoms with Gasteiger partial charge in [0.15, 0.2) is 0 Å². The average Bonchev–Trinajstić information content (AvgIpc) is 2.39. The molecule has 110 valence electrons. The average molecular weight is 277 g/mol. The molecule has 1 aliphatic heterocycles. The van der Waals surface area contributed by atoms with Crippen molar-refractivity contribution in [2.24, 2.45) is 0 Å². The van der Waals surface area contributed by atoms with E-state index in [4.69, 9.17) is 10.5 Å². The largest absolute Gasteiger partial charge is 0.397 e. The number of nitrogens with one attached hydrogen (secondary N) is 1. The van der Waals surface area contributed by atoms with Gasteiger partial charge in [0, 0.05) is 31.8 Å². The smallest absolute Gasteiger partial charge is 0.224 e. The van der Waals surface area contributed by atoms with Gasteiger partial charge in [0.1, 0.15) is 0 Å². The molecule has 0 atom stereocenters. The summed E-state index contributed by atoms with van der Waals surface area (Å²) < 4.78 is 5.17. The topological polar surface area (TPSA) is 67.6 Å². The van der Waals surface area contributed by atoms with E-state index in [9.17, 15) is 4.79 Å². The molecule has 0 radical (unpaired) electrons. The lowest BCUT2D eigenvalue weighted by molar-refractivity contribution is -0.116. The number of carbonyl (C=O) groups excluding carboxylic acids is 1.